The zero-order valence-corrected chi connectivity index (χ0v) is 47.5. The summed E-state index contributed by atoms with van der Waals surface area (Å²) in [4.78, 5) is 42.7. The van der Waals surface area contributed by atoms with Crippen molar-refractivity contribution in [2.45, 2.75) is 191 Å². The fourth-order valence-electron chi connectivity index (χ4n) is 11.0. The van der Waals surface area contributed by atoms with Crippen LogP contribution in [0.1, 0.15) is 117 Å². The number of likely N-dealkylation sites (N-methyl/N-ethyl adjacent to an activating group) is 2. The Kier molecular flexibility index (Phi) is 22.3. The fourth-order valence-corrected chi connectivity index (χ4v) is 11.6. The van der Waals surface area contributed by atoms with E-state index in [1.165, 1.54) is 13.1 Å². The van der Waals surface area contributed by atoms with Gasteiger partial charge >= 0.3 is 11.9 Å². The number of aromatic nitrogens is 1. The summed E-state index contributed by atoms with van der Waals surface area (Å²) < 4.78 is 45.3. The van der Waals surface area contributed by atoms with Crippen molar-refractivity contribution in [3.05, 3.63) is 51.8 Å². The number of carboxylic acid groups (broad SMARTS) is 1. The molecule has 0 amide bonds. The Labute approximate surface area is 445 Å². The van der Waals surface area contributed by atoms with Gasteiger partial charge in [-0.1, -0.05) is 39.0 Å². The Morgan fingerprint density at radius 3 is 2.30 bits per heavy atom. The number of hydrogen-bond donors (Lipinski definition) is 5. The molecule has 0 saturated carbocycles. The van der Waals surface area contributed by atoms with Gasteiger partial charge in [-0.3, -0.25) is 9.59 Å². The molecule has 1 aromatic carbocycles. The second kappa shape index (κ2) is 26.6. The van der Waals surface area contributed by atoms with Crippen molar-refractivity contribution in [3.8, 4) is 0 Å². The van der Waals surface area contributed by atoms with Crippen LogP contribution in [0.15, 0.2) is 35.3 Å². The number of pyridine rings is 1. The SMILES string of the molecule is CCn1cc(C(=O)O)c(=O)c2cc(C=CCOCCCCOC3[C@H](C)OC(OC4[C@H](C)C(O[C@@H]5O[C@H](C)C[C@H](N(C)C)C5O)[C@](C)(O)C[C@@H](C)CN(C)[C@H](C)[C@@H](O)[C@](C)(O)[C@@H](I)OC(=O)[C@@H]4C)C[C@@H]3C)ccc21. The summed E-state index contributed by atoms with van der Waals surface area (Å²) in [6, 6.07) is 4.57. The minimum atomic E-state index is -1.83. The molecular formula is C54H86IN3O15. The number of fused-ring (bicyclic) bond motifs is 1. The maximum atomic E-state index is 14.3. The second-order valence-electron chi connectivity index (χ2n) is 21.9. The van der Waals surface area contributed by atoms with E-state index in [0.717, 1.165) is 18.4 Å². The summed E-state index contributed by atoms with van der Waals surface area (Å²) >= 11 is 1.85. The highest BCUT2D eigenvalue weighted by Crippen LogP contribution is 2.40. The second-order valence-corrected chi connectivity index (χ2v) is 23.0. The highest BCUT2D eigenvalue weighted by atomic mass is 127. The van der Waals surface area contributed by atoms with Crippen LogP contribution in [0.5, 0.6) is 0 Å². The molecule has 0 radical (unpaired) electrons. The largest absolute Gasteiger partial charge is 0.477 e. The number of esters is 1. The first kappa shape index (κ1) is 61.2. The number of aryl methyl sites for hydroxylation is 1. The molecule has 414 valence electrons. The summed E-state index contributed by atoms with van der Waals surface area (Å²) in [5.41, 5.74) is -2.73. The van der Waals surface area contributed by atoms with Crippen molar-refractivity contribution in [2.75, 3.05) is 47.5 Å². The lowest BCUT2D eigenvalue weighted by Crippen LogP contribution is -2.59. The van der Waals surface area contributed by atoms with Crippen LogP contribution < -0.4 is 5.43 Å². The van der Waals surface area contributed by atoms with E-state index in [2.05, 4.69) is 6.92 Å². The number of rotatable bonds is 16. The molecule has 4 heterocycles. The lowest BCUT2D eigenvalue weighted by Gasteiger charge is -2.48. The molecule has 2 aromatic rings. The number of aliphatic hydroxyl groups excluding tert-OH is 2. The first-order chi connectivity index (χ1) is 34.2. The quantitative estimate of drug-likeness (QED) is 0.0590. The molecule has 73 heavy (non-hydrogen) atoms. The van der Waals surface area contributed by atoms with Gasteiger partial charge in [0, 0.05) is 62.3 Å². The molecule has 19 heteroatoms. The molecule has 5 N–H and O–H groups in total. The van der Waals surface area contributed by atoms with Gasteiger partial charge in [0.15, 0.2) is 16.7 Å². The summed E-state index contributed by atoms with van der Waals surface area (Å²) in [6.45, 7) is 20.6. The van der Waals surface area contributed by atoms with Crippen LogP contribution in [0.3, 0.4) is 0 Å². The van der Waals surface area contributed by atoms with Crippen molar-refractivity contribution in [1.82, 2.24) is 14.4 Å². The Morgan fingerprint density at radius 1 is 0.973 bits per heavy atom. The lowest BCUT2D eigenvalue weighted by molar-refractivity contribution is -0.310. The number of carbonyl (C=O) groups excluding carboxylic acids is 1. The third kappa shape index (κ3) is 15.3. The van der Waals surface area contributed by atoms with E-state index < -0.39 is 93.7 Å². The number of carbonyl (C=O) groups is 2. The molecule has 3 aliphatic heterocycles. The molecule has 0 spiro atoms. The van der Waals surface area contributed by atoms with Gasteiger partial charge in [-0.2, -0.15) is 0 Å². The molecule has 3 aliphatic rings. The van der Waals surface area contributed by atoms with E-state index in [4.69, 9.17) is 33.2 Å². The van der Waals surface area contributed by atoms with Crippen molar-refractivity contribution in [3.63, 3.8) is 0 Å². The monoisotopic (exact) mass is 1140 g/mol. The average molecular weight is 1140 g/mol. The number of alkyl halides is 1. The van der Waals surface area contributed by atoms with E-state index >= 15 is 0 Å². The number of unbranched alkanes of at least 4 members (excludes halogenated alkanes) is 1. The van der Waals surface area contributed by atoms with E-state index in [9.17, 15) is 39.9 Å². The van der Waals surface area contributed by atoms with Gasteiger partial charge in [0.25, 0.3) is 0 Å². The van der Waals surface area contributed by atoms with Crippen molar-refractivity contribution in [2.24, 2.45) is 23.7 Å². The molecule has 1 aromatic heterocycles. The Balaban J connectivity index is 1.26. The number of hydrogen-bond acceptors (Lipinski definition) is 16. The summed E-state index contributed by atoms with van der Waals surface area (Å²) in [5.74, 6) is -3.84. The van der Waals surface area contributed by atoms with Crippen LogP contribution in [-0.2, 0) is 44.5 Å². The highest BCUT2D eigenvalue weighted by Gasteiger charge is 2.51. The number of nitrogens with zero attached hydrogens (tertiary/aromatic N) is 3. The molecule has 18 atom stereocenters. The molecule has 3 saturated heterocycles. The number of aromatic carboxylic acids is 1. The summed E-state index contributed by atoms with van der Waals surface area (Å²) in [6.07, 6.45) is 0.593. The summed E-state index contributed by atoms with van der Waals surface area (Å²) in [7, 11) is 5.62. The maximum Gasteiger partial charge on any atom is 0.341 e. The minimum Gasteiger partial charge on any atom is -0.477 e. The molecular weight excluding hydrogens is 1060 g/mol. The molecule has 5 unspecified atom stereocenters. The molecule has 5 rings (SSSR count). The smallest absolute Gasteiger partial charge is 0.341 e. The number of carboxylic acids is 1. The predicted octanol–water partition coefficient (Wildman–Crippen LogP) is 5.68. The third-order valence-corrected chi connectivity index (χ3v) is 16.8. The van der Waals surface area contributed by atoms with Crippen LogP contribution in [0.4, 0.5) is 0 Å². The number of benzene rings is 1. The number of cyclic esters (lactones) is 1. The number of ether oxygens (including phenoxy) is 7. The molecule has 0 bridgehead atoms. The van der Waals surface area contributed by atoms with E-state index in [0.29, 0.717) is 56.7 Å². The Morgan fingerprint density at radius 2 is 1.66 bits per heavy atom. The van der Waals surface area contributed by atoms with Crippen LogP contribution in [0.25, 0.3) is 17.0 Å². The van der Waals surface area contributed by atoms with Crippen LogP contribution >= 0.6 is 22.6 Å². The fraction of sp³-hybridized carbons (Fsp3) is 0.759. The van der Waals surface area contributed by atoms with E-state index in [-0.39, 0.29) is 42.1 Å². The van der Waals surface area contributed by atoms with Crippen LogP contribution in [-0.4, -0.2) is 182 Å². The highest BCUT2D eigenvalue weighted by molar-refractivity contribution is 14.1. The molecule has 18 nitrogen and oxygen atoms in total. The van der Waals surface area contributed by atoms with Gasteiger partial charge in [-0.25, -0.2) is 4.79 Å². The van der Waals surface area contributed by atoms with Crippen LogP contribution in [0.2, 0.25) is 0 Å². The number of aliphatic hydroxyl groups is 4. The first-order valence-corrected chi connectivity index (χ1v) is 27.3. The van der Waals surface area contributed by atoms with E-state index in [1.807, 2.05) is 112 Å². The van der Waals surface area contributed by atoms with Gasteiger partial charge in [-0.05, 0) is 147 Å². The number of halogens is 1. The minimum absolute atomic E-state index is 0.0221. The van der Waals surface area contributed by atoms with Gasteiger partial charge < -0.3 is 73.1 Å². The van der Waals surface area contributed by atoms with Crippen LogP contribution in [0, 0.1) is 23.7 Å². The standard InChI is InChI=1S/C54H86IN3O15/c1-14-58-29-39(49(62)63)43(59)38-26-37(19-20-40(38)58)18-17-22-67-21-15-16-23-68-45-31(3)24-42(70-36(45)8)71-46-33(5)48(72-51-44(60)41(56(11)12)25-32(4)69-51)53(9,65)27-30(2)28-57(13)35(7)47(61)54(10,66)52(55)73-50(64)34(46)6/h17-20,26,29-36,41-42,44-48,51-52,60-61,65-66H,14-16,21-25,27-28H2,1-13H3,(H,62,63)/t30-,31+,32-,33+,34-,35-,36+,41+,42?,44?,45?,46?,47-,48?,51+,52+,53-,54+/m1/s1. The topological polar surface area (TPSA) is 228 Å². The van der Waals surface area contributed by atoms with Gasteiger partial charge in [-0.15, -0.1) is 0 Å². The zero-order valence-electron chi connectivity index (χ0n) is 45.3. The zero-order chi connectivity index (χ0) is 54.3. The van der Waals surface area contributed by atoms with Crippen molar-refractivity contribution >= 4 is 51.5 Å². The molecule has 3 fully saturated rings. The summed E-state index contributed by atoms with van der Waals surface area (Å²) in [5, 5.41) is 57.4. The Bertz CT molecular complexity index is 2190. The van der Waals surface area contributed by atoms with Gasteiger partial charge in [0.1, 0.15) is 23.4 Å². The Hall–Kier alpha value is -2.64. The first-order valence-electron chi connectivity index (χ1n) is 26.1. The average Bonchev–Trinajstić information content (AvgIpc) is 3.31. The van der Waals surface area contributed by atoms with Crippen molar-refractivity contribution in [1.29, 1.82) is 0 Å². The van der Waals surface area contributed by atoms with E-state index in [1.54, 1.807) is 31.4 Å². The maximum absolute atomic E-state index is 14.3. The van der Waals surface area contributed by atoms with Crippen molar-refractivity contribution < 1.29 is 68.3 Å². The third-order valence-electron chi connectivity index (χ3n) is 15.3. The normalized spacial score (nSPS) is 37.8. The van der Waals surface area contributed by atoms with Gasteiger partial charge in [0.05, 0.1) is 54.2 Å². The predicted molar refractivity (Wildman–Crippen MR) is 285 cm³/mol. The molecule has 0 aliphatic carbocycles. The lowest BCUT2D eigenvalue weighted by atomic mass is 9.77. The van der Waals surface area contributed by atoms with Gasteiger partial charge in [0.2, 0.25) is 5.43 Å².